The number of carbonyl (C=O) groups is 2. The fraction of sp³-hybridized carbons (Fsp3) is 0.231. The number of hydrogen-bond donors (Lipinski definition) is 1. The smallest absolute Gasteiger partial charge is 0.300 e. The fourth-order valence-electron chi connectivity index (χ4n) is 4.39. The van der Waals surface area contributed by atoms with E-state index in [1.54, 1.807) is 36.4 Å². The SMILES string of the molecule is CN(C)c1ccc(N2C(=O)C(=O)/C(=C(\O)c3ccc4c(c3)CCCO4)C2c2ccco2)cc1. The second kappa shape index (κ2) is 8.16. The maximum atomic E-state index is 13.2. The van der Waals surface area contributed by atoms with Crippen molar-refractivity contribution in [3.05, 3.63) is 83.3 Å². The van der Waals surface area contributed by atoms with Crippen molar-refractivity contribution < 1.29 is 23.8 Å². The van der Waals surface area contributed by atoms with Crippen molar-refractivity contribution in [1.29, 1.82) is 0 Å². The van der Waals surface area contributed by atoms with Gasteiger partial charge in [0.25, 0.3) is 11.7 Å². The van der Waals surface area contributed by atoms with Gasteiger partial charge >= 0.3 is 0 Å². The van der Waals surface area contributed by atoms with Crippen LogP contribution in [0.4, 0.5) is 11.4 Å². The molecule has 1 N–H and O–H groups in total. The lowest BCUT2D eigenvalue weighted by Gasteiger charge is -2.24. The quantitative estimate of drug-likeness (QED) is 0.367. The zero-order valence-electron chi connectivity index (χ0n) is 18.4. The Morgan fingerprint density at radius 1 is 1.09 bits per heavy atom. The Labute approximate surface area is 191 Å². The summed E-state index contributed by atoms with van der Waals surface area (Å²) in [6.45, 7) is 0.661. The number of Topliss-reactive ketones (excluding diaryl/α,β-unsaturated/α-hetero) is 1. The zero-order chi connectivity index (χ0) is 23.1. The first-order valence-electron chi connectivity index (χ1n) is 10.8. The van der Waals surface area contributed by atoms with Gasteiger partial charge in [-0.1, -0.05) is 0 Å². The molecule has 1 unspecified atom stereocenters. The molecule has 0 aliphatic carbocycles. The highest BCUT2D eigenvalue weighted by Crippen LogP contribution is 2.43. The Balaban J connectivity index is 1.63. The summed E-state index contributed by atoms with van der Waals surface area (Å²) in [4.78, 5) is 29.7. The highest BCUT2D eigenvalue weighted by atomic mass is 16.5. The molecule has 2 aliphatic rings. The Hall–Kier alpha value is -4.00. The highest BCUT2D eigenvalue weighted by molar-refractivity contribution is 6.51. The lowest BCUT2D eigenvalue weighted by atomic mass is 9.96. The molecule has 7 heteroatoms. The van der Waals surface area contributed by atoms with Crippen LogP contribution in [0.5, 0.6) is 5.75 Å². The average molecular weight is 444 g/mol. The third-order valence-electron chi connectivity index (χ3n) is 6.08. The van der Waals surface area contributed by atoms with E-state index in [1.807, 2.05) is 37.2 Å². The third-order valence-corrected chi connectivity index (χ3v) is 6.08. The molecule has 0 radical (unpaired) electrons. The van der Waals surface area contributed by atoms with Crippen LogP contribution in [0.25, 0.3) is 5.76 Å². The van der Waals surface area contributed by atoms with Gasteiger partial charge in [-0.05, 0) is 73.0 Å². The van der Waals surface area contributed by atoms with Crippen LogP contribution in [0.2, 0.25) is 0 Å². The number of benzene rings is 2. The predicted octanol–water partition coefficient (Wildman–Crippen LogP) is 4.30. The van der Waals surface area contributed by atoms with E-state index in [0.29, 0.717) is 23.6 Å². The summed E-state index contributed by atoms with van der Waals surface area (Å²) < 4.78 is 11.3. The van der Waals surface area contributed by atoms with Crippen LogP contribution in [-0.2, 0) is 16.0 Å². The van der Waals surface area contributed by atoms with Gasteiger partial charge in [0.1, 0.15) is 23.3 Å². The van der Waals surface area contributed by atoms with Gasteiger partial charge in [0, 0.05) is 31.0 Å². The van der Waals surface area contributed by atoms with E-state index in [-0.39, 0.29) is 11.3 Å². The van der Waals surface area contributed by atoms with Crippen LogP contribution in [0.1, 0.15) is 29.3 Å². The predicted molar refractivity (Wildman–Crippen MR) is 125 cm³/mol. The standard InChI is InChI=1S/C26H24N2O5/c1-27(2)18-8-10-19(11-9-18)28-23(21-6-4-14-33-21)22(25(30)26(28)31)24(29)17-7-12-20-16(15-17)5-3-13-32-20/h4,6-12,14-15,23,29H,3,5,13H2,1-2H3/b24-22-. The molecule has 1 aromatic heterocycles. The van der Waals surface area contributed by atoms with Gasteiger partial charge in [-0.2, -0.15) is 0 Å². The Morgan fingerprint density at radius 3 is 2.58 bits per heavy atom. The summed E-state index contributed by atoms with van der Waals surface area (Å²) in [5, 5.41) is 11.3. The molecule has 2 aromatic carbocycles. The number of fused-ring (bicyclic) bond motifs is 1. The molecular formula is C26H24N2O5. The molecule has 1 fully saturated rings. The summed E-state index contributed by atoms with van der Waals surface area (Å²) in [5.74, 6) is -0.512. The number of ether oxygens (including phenoxy) is 1. The number of aliphatic hydroxyl groups excluding tert-OH is 1. The monoisotopic (exact) mass is 444 g/mol. The maximum absolute atomic E-state index is 13.2. The second-order valence-corrected chi connectivity index (χ2v) is 8.37. The summed E-state index contributed by atoms with van der Waals surface area (Å²) in [7, 11) is 3.85. The number of rotatable bonds is 4. The molecule has 0 bridgehead atoms. The number of nitrogens with zero attached hydrogens (tertiary/aromatic N) is 2. The van der Waals surface area contributed by atoms with E-state index in [0.717, 1.165) is 29.8 Å². The van der Waals surface area contributed by atoms with Crippen LogP contribution < -0.4 is 14.5 Å². The van der Waals surface area contributed by atoms with Gasteiger partial charge in [0.2, 0.25) is 0 Å². The van der Waals surface area contributed by atoms with Crippen LogP contribution in [0.3, 0.4) is 0 Å². The van der Waals surface area contributed by atoms with Crippen molar-refractivity contribution in [3.8, 4) is 5.75 Å². The van der Waals surface area contributed by atoms with Crippen LogP contribution in [0, 0.1) is 0 Å². The first-order valence-corrected chi connectivity index (χ1v) is 10.8. The number of amides is 1. The lowest BCUT2D eigenvalue weighted by molar-refractivity contribution is -0.132. The molecular weight excluding hydrogens is 420 g/mol. The molecule has 0 saturated carbocycles. The average Bonchev–Trinajstić information content (AvgIpc) is 3.45. The summed E-state index contributed by atoms with van der Waals surface area (Å²) in [6.07, 6.45) is 3.20. The minimum atomic E-state index is -0.877. The van der Waals surface area contributed by atoms with Crippen LogP contribution in [-0.4, -0.2) is 37.5 Å². The van der Waals surface area contributed by atoms with Gasteiger partial charge < -0.3 is 19.2 Å². The number of aliphatic hydroxyl groups is 1. The lowest BCUT2D eigenvalue weighted by Crippen LogP contribution is -2.29. The second-order valence-electron chi connectivity index (χ2n) is 8.37. The normalized spacial score (nSPS) is 19.3. The van der Waals surface area contributed by atoms with Gasteiger partial charge in [0.05, 0.1) is 18.4 Å². The number of furan rings is 1. The first-order chi connectivity index (χ1) is 16.0. The van der Waals surface area contributed by atoms with Gasteiger partial charge in [0.15, 0.2) is 0 Å². The van der Waals surface area contributed by atoms with E-state index in [2.05, 4.69) is 0 Å². The number of hydrogen-bond acceptors (Lipinski definition) is 6. The topological polar surface area (TPSA) is 83.2 Å². The van der Waals surface area contributed by atoms with Crippen molar-refractivity contribution >= 4 is 28.8 Å². The highest BCUT2D eigenvalue weighted by Gasteiger charge is 2.48. The van der Waals surface area contributed by atoms with Crippen molar-refractivity contribution in [2.75, 3.05) is 30.5 Å². The molecule has 2 aliphatic heterocycles. The molecule has 1 amide bonds. The van der Waals surface area contributed by atoms with Gasteiger partial charge in [-0.15, -0.1) is 0 Å². The number of aryl methyl sites for hydroxylation is 1. The Morgan fingerprint density at radius 2 is 1.88 bits per heavy atom. The molecule has 168 valence electrons. The molecule has 1 atom stereocenters. The number of ketones is 1. The van der Waals surface area contributed by atoms with E-state index >= 15 is 0 Å². The Bertz CT molecular complexity index is 1240. The third kappa shape index (κ3) is 3.55. The molecule has 3 heterocycles. The molecule has 3 aromatic rings. The Kier molecular flexibility index (Phi) is 5.17. The molecule has 5 rings (SSSR count). The van der Waals surface area contributed by atoms with E-state index in [9.17, 15) is 14.7 Å². The number of anilines is 2. The van der Waals surface area contributed by atoms with Crippen LogP contribution >= 0.6 is 0 Å². The summed E-state index contributed by atoms with van der Waals surface area (Å²) in [6, 6.07) is 15.2. The fourth-order valence-corrected chi connectivity index (χ4v) is 4.39. The largest absolute Gasteiger partial charge is 0.507 e. The van der Waals surface area contributed by atoms with E-state index < -0.39 is 17.7 Å². The maximum Gasteiger partial charge on any atom is 0.300 e. The molecule has 1 saturated heterocycles. The van der Waals surface area contributed by atoms with E-state index in [4.69, 9.17) is 9.15 Å². The van der Waals surface area contributed by atoms with Crippen molar-refractivity contribution in [2.24, 2.45) is 0 Å². The van der Waals surface area contributed by atoms with Crippen molar-refractivity contribution in [1.82, 2.24) is 0 Å². The van der Waals surface area contributed by atoms with Gasteiger partial charge in [-0.25, -0.2) is 0 Å². The van der Waals surface area contributed by atoms with Crippen molar-refractivity contribution in [3.63, 3.8) is 0 Å². The van der Waals surface area contributed by atoms with Crippen LogP contribution in [0.15, 0.2) is 70.9 Å². The molecule has 0 spiro atoms. The molecule has 33 heavy (non-hydrogen) atoms. The minimum Gasteiger partial charge on any atom is -0.507 e. The first kappa shape index (κ1) is 20.9. The van der Waals surface area contributed by atoms with Crippen molar-refractivity contribution in [2.45, 2.75) is 18.9 Å². The van der Waals surface area contributed by atoms with Gasteiger partial charge in [-0.3, -0.25) is 14.5 Å². The molecule has 7 nitrogen and oxygen atoms in total. The minimum absolute atomic E-state index is 0.00307. The number of carbonyl (C=O) groups excluding carboxylic acids is 2. The summed E-state index contributed by atoms with van der Waals surface area (Å²) in [5.41, 5.74) is 2.94. The summed E-state index contributed by atoms with van der Waals surface area (Å²) >= 11 is 0. The van der Waals surface area contributed by atoms with E-state index in [1.165, 1.54) is 11.2 Å². The zero-order valence-corrected chi connectivity index (χ0v) is 18.4.